The number of aliphatic carboxylic acids is 1. The third kappa shape index (κ3) is 2.69. The van der Waals surface area contributed by atoms with Crippen LogP contribution in [0.4, 0.5) is 0 Å². The zero-order valence-corrected chi connectivity index (χ0v) is 12.2. The van der Waals surface area contributed by atoms with Gasteiger partial charge in [-0.05, 0) is 53.2 Å². The highest BCUT2D eigenvalue weighted by Crippen LogP contribution is 2.49. The van der Waals surface area contributed by atoms with Gasteiger partial charge in [0.25, 0.3) is 0 Å². The van der Waals surface area contributed by atoms with E-state index in [1.807, 2.05) is 19.1 Å². The summed E-state index contributed by atoms with van der Waals surface area (Å²) in [5.41, 5.74) is 2.16. The second kappa shape index (κ2) is 5.31. The molecule has 1 unspecified atom stereocenters. The largest absolute Gasteiger partial charge is 0.495 e. The molecule has 0 saturated heterocycles. The number of halogens is 1. The summed E-state index contributed by atoms with van der Waals surface area (Å²) < 4.78 is 6.35. The van der Waals surface area contributed by atoms with E-state index in [1.165, 1.54) is 0 Å². The molecule has 0 heterocycles. The Labute approximate surface area is 115 Å². The number of aryl methyl sites for hydroxylation is 1. The zero-order chi connectivity index (χ0) is 13.3. The van der Waals surface area contributed by atoms with Crippen molar-refractivity contribution in [3.63, 3.8) is 0 Å². The Kier molecular flexibility index (Phi) is 3.95. The number of hydrogen-bond donors (Lipinski definition) is 1. The van der Waals surface area contributed by atoms with Gasteiger partial charge >= 0.3 is 5.97 Å². The quantitative estimate of drug-likeness (QED) is 0.901. The summed E-state index contributed by atoms with van der Waals surface area (Å²) in [4.78, 5) is 11.1. The molecule has 1 aromatic carbocycles. The molecular formula is C14H17BrO3. The van der Waals surface area contributed by atoms with E-state index in [0.717, 1.165) is 34.2 Å². The van der Waals surface area contributed by atoms with Gasteiger partial charge in [-0.1, -0.05) is 6.07 Å². The van der Waals surface area contributed by atoms with E-state index >= 15 is 0 Å². The molecule has 1 atom stereocenters. The van der Waals surface area contributed by atoms with Gasteiger partial charge < -0.3 is 9.84 Å². The molecule has 4 heteroatoms. The Morgan fingerprint density at radius 2 is 2.22 bits per heavy atom. The van der Waals surface area contributed by atoms with Gasteiger partial charge in [0.05, 0.1) is 18.0 Å². The molecule has 2 rings (SSSR count). The van der Waals surface area contributed by atoms with Crippen molar-refractivity contribution in [2.24, 2.45) is 5.92 Å². The van der Waals surface area contributed by atoms with Crippen LogP contribution in [0, 0.1) is 12.8 Å². The Morgan fingerprint density at radius 3 is 2.72 bits per heavy atom. The number of carboxylic acids is 1. The van der Waals surface area contributed by atoms with E-state index in [4.69, 9.17) is 9.84 Å². The van der Waals surface area contributed by atoms with Gasteiger partial charge in [-0.15, -0.1) is 0 Å². The Hall–Kier alpha value is -1.03. The predicted molar refractivity (Wildman–Crippen MR) is 73.1 cm³/mol. The van der Waals surface area contributed by atoms with E-state index in [1.54, 1.807) is 7.11 Å². The maximum absolute atomic E-state index is 11.1. The third-order valence-corrected chi connectivity index (χ3v) is 4.15. The van der Waals surface area contributed by atoms with Crippen LogP contribution >= 0.6 is 15.9 Å². The number of benzene rings is 1. The minimum absolute atomic E-state index is 0.0648. The van der Waals surface area contributed by atoms with E-state index < -0.39 is 5.97 Å². The van der Waals surface area contributed by atoms with Crippen LogP contribution in [0.5, 0.6) is 5.75 Å². The van der Waals surface area contributed by atoms with Crippen LogP contribution in [0.25, 0.3) is 0 Å². The van der Waals surface area contributed by atoms with Gasteiger partial charge in [0, 0.05) is 11.5 Å². The summed E-state index contributed by atoms with van der Waals surface area (Å²) in [7, 11) is 1.63. The molecule has 1 aliphatic carbocycles. The zero-order valence-electron chi connectivity index (χ0n) is 10.6. The first-order valence-corrected chi connectivity index (χ1v) is 6.88. The first-order valence-electron chi connectivity index (χ1n) is 6.09. The molecule has 1 fully saturated rings. The van der Waals surface area contributed by atoms with E-state index in [-0.39, 0.29) is 12.3 Å². The molecule has 0 bridgehead atoms. The minimum Gasteiger partial charge on any atom is -0.495 e. The minimum atomic E-state index is -0.742. The Morgan fingerprint density at radius 1 is 1.56 bits per heavy atom. The van der Waals surface area contributed by atoms with Crippen molar-refractivity contribution < 1.29 is 14.6 Å². The molecule has 18 heavy (non-hydrogen) atoms. The lowest BCUT2D eigenvalue weighted by molar-refractivity contribution is -0.137. The summed E-state index contributed by atoms with van der Waals surface area (Å²) in [6.45, 7) is 2.02. The molecule has 0 aliphatic heterocycles. The third-order valence-electron chi connectivity index (χ3n) is 3.53. The van der Waals surface area contributed by atoms with Crippen molar-refractivity contribution in [2.75, 3.05) is 7.11 Å². The number of carbonyl (C=O) groups is 1. The standard InChI is InChI=1S/C14H17BrO3/c1-8-3-6-11(15)14(18-2)13(8)10(7-12(16)17)9-4-5-9/h3,6,9-10H,4-5,7H2,1-2H3,(H,16,17). The van der Waals surface area contributed by atoms with Crippen LogP contribution < -0.4 is 4.74 Å². The lowest BCUT2D eigenvalue weighted by atomic mass is 9.87. The highest BCUT2D eigenvalue weighted by Gasteiger charge is 2.36. The fourth-order valence-corrected chi connectivity index (χ4v) is 3.04. The van der Waals surface area contributed by atoms with Gasteiger partial charge in [-0.2, -0.15) is 0 Å². The summed E-state index contributed by atoms with van der Waals surface area (Å²) >= 11 is 3.47. The molecule has 3 nitrogen and oxygen atoms in total. The van der Waals surface area contributed by atoms with Crippen molar-refractivity contribution in [3.8, 4) is 5.75 Å². The van der Waals surface area contributed by atoms with Crippen molar-refractivity contribution >= 4 is 21.9 Å². The van der Waals surface area contributed by atoms with Crippen molar-refractivity contribution in [3.05, 3.63) is 27.7 Å². The SMILES string of the molecule is COc1c(Br)ccc(C)c1C(CC(=O)O)C1CC1. The maximum atomic E-state index is 11.1. The smallest absolute Gasteiger partial charge is 0.303 e. The molecule has 98 valence electrons. The summed E-state index contributed by atoms with van der Waals surface area (Å²) in [5.74, 6) is 0.597. The molecule has 0 amide bonds. The number of methoxy groups -OCH3 is 1. The topological polar surface area (TPSA) is 46.5 Å². The molecule has 0 spiro atoms. The molecule has 1 aliphatic rings. The highest BCUT2D eigenvalue weighted by molar-refractivity contribution is 9.10. The Balaban J connectivity index is 2.45. The molecular weight excluding hydrogens is 296 g/mol. The second-order valence-corrected chi connectivity index (χ2v) is 5.71. The average molecular weight is 313 g/mol. The second-order valence-electron chi connectivity index (χ2n) is 4.85. The Bertz CT molecular complexity index is 466. The van der Waals surface area contributed by atoms with Gasteiger partial charge in [0.2, 0.25) is 0 Å². The van der Waals surface area contributed by atoms with Crippen molar-refractivity contribution in [1.29, 1.82) is 0 Å². The molecule has 1 saturated carbocycles. The monoisotopic (exact) mass is 312 g/mol. The number of rotatable bonds is 5. The van der Waals surface area contributed by atoms with E-state index in [2.05, 4.69) is 15.9 Å². The van der Waals surface area contributed by atoms with Crippen LogP contribution in [-0.4, -0.2) is 18.2 Å². The molecule has 0 aromatic heterocycles. The summed E-state index contributed by atoms with van der Waals surface area (Å²) in [5, 5.41) is 9.09. The van der Waals surface area contributed by atoms with E-state index in [0.29, 0.717) is 5.92 Å². The first-order chi connectivity index (χ1) is 8.54. The van der Waals surface area contributed by atoms with Gasteiger partial charge in [-0.3, -0.25) is 4.79 Å². The van der Waals surface area contributed by atoms with Crippen molar-refractivity contribution in [2.45, 2.75) is 32.1 Å². The highest BCUT2D eigenvalue weighted by atomic mass is 79.9. The van der Waals surface area contributed by atoms with Gasteiger partial charge in [0.1, 0.15) is 5.75 Å². The predicted octanol–water partition coefficient (Wildman–Crippen LogP) is 3.73. The normalized spacial score (nSPS) is 16.4. The number of hydrogen-bond acceptors (Lipinski definition) is 2. The van der Waals surface area contributed by atoms with Gasteiger partial charge in [-0.25, -0.2) is 0 Å². The lowest BCUT2D eigenvalue weighted by Gasteiger charge is -2.21. The van der Waals surface area contributed by atoms with Crippen LogP contribution in [0.3, 0.4) is 0 Å². The average Bonchev–Trinajstić information content (AvgIpc) is 3.13. The number of carboxylic acid groups (broad SMARTS) is 1. The maximum Gasteiger partial charge on any atom is 0.303 e. The van der Waals surface area contributed by atoms with Crippen LogP contribution in [0.1, 0.15) is 36.3 Å². The molecule has 1 N–H and O–H groups in total. The number of ether oxygens (including phenoxy) is 1. The first kappa shape index (κ1) is 13.4. The molecule has 1 aromatic rings. The summed E-state index contributed by atoms with van der Waals surface area (Å²) in [6, 6.07) is 3.96. The summed E-state index contributed by atoms with van der Waals surface area (Å²) in [6.07, 6.45) is 2.42. The van der Waals surface area contributed by atoms with Crippen LogP contribution in [0.15, 0.2) is 16.6 Å². The van der Waals surface area contributed by atoms with Crippen LogP contribution in [0.2, 0.25) is 0 Å². The van der Waals surface area contributed by atoms with Crippen LogP contribution in [-0.2, 0) is 4.79 Å². The van der Waals surface area contributed by atoms with Gasteiger partial charge in [0.15, 0.2) is 0 Å². The lowest BCUT2D eigenvalue weighted by Crippen LogP contribution is -2.11. The van der Waals surface area contributed by atoms with Crippen molar-refractivity contribution in [1.82, 2.24) is 0 Å². The fraction of sp³-hybridized carbons (Fsp3) is 0.500. The molecule has 0 radical (unpaired) electrons. The fourth-order valence-electron chi connectivity index (χ4n) is 2.53. The van der Waals surface area contributed by atoms with E-state index in [9.17, 15) is 4.79 Å².